The second-order valence-corrected chi connectivity index (χ2v) is 24.9. The molecule has 5 heterocycles. The van der Waals surface area contributed by atoms with Crippen LogP contribution in [0.3, 0.4) is 0 Å². The van der Waals surface area contributed by atoms with Crippen molar-refractivity contribution >= 4 is 0 Å². The third-order valence-electron chi connectivity index (χ3n) is 13.3. The molecule has 0 radical (unpaired) electrons. The first-order valence-corrected chi connectivity index (χ1v) is 30.8. The molecule has 5 saturated heterocycles. The Kier molecular flexibility index (Phi) is 39.2. The molecule has 0 aliphatic carbocycles. The lowest BCUT2D eigenvalue weighted by atomic mass is 10.1. The molecule has 81 heavy (non-hydrogen) atoms. The van der Waals surface area contributed by atoms with E-state index >= 15 is 0 Å². The van der Waals surface area contributed by atoms with Crippen molar-refractivity contribution in [1.29, 1.82) is 0 Å². The van der Waals surface area contributed by atoms with Gasteiger partial charge in [-0.25, -0.2) is 4.39 Å². The van der Waals surface area contributed by atoms with E-state index in [4.69, 9.17) is 86.3 Å². The molecule has 19 atom stereocenters. The Hall–Kier alpha value is -0.790. The van der Waals surface area contributed by atoms with E-state index < -0.39 is 18.4 Å². The number of hydrogen-bond donors (Lipinski definition) is 1. The summed E-state index contributed by atoms with van der Waals surface area (Å²) in [5, 5.41) is 0. The van der Waals surface area contributed by atoms with E-state index in [1.165, 1.54) is 0 Å². The van der Waals surface area contributed by atoms with Crippen LogP contribution in [0, 0.1) is 0 Å². The molecule has 5 rings (SSSR count). The summed E-state index contributed by atoms with van der Waals surface area (Å²) < 4.78 is 110. The highest BCUT2D eigenvalue weighted by molar-refractivity contribution is 4.95. The van der Waals surface area contributed by atoms with Crippen molar-refractivity contribution in [2.24, 2.45) is 5.73 Å². The average Bonchev–Trinajstić information content (AvgIpc) is 4.10. The molecule has 5 aliphatic rings. The normalized spacial score (nSPS) is 34.0. The Morgan fingerprint density at radius 3 is 0.963 bits per heavy atom. The van der Waals surface area contributed by atoms with Crippen molar-refractivity contribution in [3.63, 3.8) is 0 Å². The van der Waals surface area contributed by atoms with Crippen LogP contribution in [0.5, 0.6) is 0 Å². The quantitative estimate of drug-likeness (QED) is 0.0819. The molecule has 0 spiro atoms. The predicted molar refractivity (Wildman–Crippen MR) is 316 cm³/mol. The second-order valence-electron chi connectivity index (χ2n) is 24.9. The number of nitrogens with two attached hydrogens (primary N) is 1. The summed E-state index contributed by atoms with van der Waals surface area (Å²) in [6.07, 6.45) is 0.804. The summed E-state index contributed by atoms with van der Waals surface area (Å²) in [6, 6.07) is -0.0665. The van der Waals surface area contributed by atoms with E-state index in [0.29, 0.717) is 33.0 Å². The van der Waals surface area contributed by atoms with Gasteiger partial charge >= 0.3 is 0 Å². The SMILES string of the molecule is CC(C)OC[C@H]1O[C@@H](C)C(F)[C@H]1OC(C)C.CC(C)OC[C@H]1O[C@@H](C)C(N)[C@H]1OC(C)C.CC(C)OC[C@H]1O[C@@H](C)C[C@H]1OC(C)C.COC1[C@H](C)O[C@H](COC(C)C)[C@@H]1OC(C)C.COC1[C@H](C)O[C@H](COC(C)C)[C@@H]1OC(C)C. The van der Waals surface area contributed by atoms with Gasteiger partial charge in [-0.15, -0.1) is 0 Å². The summed E-state index contributed by atoms with van der Waals surface area (Å²) in [6.45, 7) is 52.6. The molecule has 0 bridgehead atoms. The standard InChI is InChI=1S/2C13H26O4.C12H23FO3.C12H25NO3.C12H24O3/c2*1-8(2)15-7-11-13(16-9(3)4)12(14-6)10(5)17-11;2*1-7(2)14-6-10-12(15-8(3)4)11(13)9(5)16-10;1-8(2)13-7-12-11(14-9(3)4)6-10(5)15-12/h2*8-13H,7H2,1-6H3;7-12H,6H2,1-5H3;7-12H,6,13H2,1-5H3;8-12H,6-7H2,1-5H3/t2*10-,11+,12?,13-;2*9-,10+,11?,12-;10-,11+,12+/m00000/s1. The number of ether oxygens (including phenoxy) is 17. The smallest absolute Gasteiger partial charge is 0.155 e. The van der Waals surface area contributed by atoms with E-state index in [-0.39, 0.29) is 159 Å². The topological polar surface area (TPSA) is 183 Å². The Labute approximate surface area is 492 Å². The van der Waals surface area contributed by atoms with Gasteiger partial charge in [0.05, 0.1) is 137 Å². The Morgan fingerprint density at radius 1 is 0.346 bits per heavy atom. The highest BCUT2D eigenvalue weighted by atomic mass is 19.1. The number of hydrogen-bond acceptors (Lipinski definition) is 18. The molecule has 4 unspecified atom stereocenters. The molecule has 18 nitrogen and oxygen atoms in total. The second kappa shape index (κ2) is 40.6. The Morgan fingerprint density at radius 2 is 0.630 bits per heavy atom. The largest absolute Gasteiger partial charge is 0.376 e. The highest BCUT2D eigenvalue weighted by Gasteiger charge is 2.47. The fourth-order valence-electron chi connectivity index (χ4n) is 9.79. The fraction of sp³-hybridized carbons (Fsp3) is 1.00. The molecule has 0 amide bonds. The van der Waals surface area contributed by atoms with Gasteiger partial charge < -0.3 is 86.3 Å². The van der Waals surface area contributed by atoms with Crippen LogP contribution in [0.25, 0.3) is 0 Å². The van der Waals surface area contributed by atoms with Crippen LogP contribution in [0.1, 0.15) is 180 Å². The third kappa shape index (κ3) is 30.6. The number of rotatable bonds is 27. The summed E-state index contributed by atoms with van der Waals surface area (Å²) in [7, 11) is 3.40. The van der Waals surface area contributed by atoms with Gasteiger partial charge in [0.15, 0.2) is 6.17 Å². The van der Waals surface area contributed by atoms with Gasteiger partial charge in [-0.2, -0.15) is 0 Å². The van der Waals surface area contributed by atoms with Crippen LogP contribution >= 0.6 is 0 Å². The van der Waals surface area contributed by atoms with Gasteiger partial charge in [-0.3, -0.25) is 0 Å². The van der Waals surface area contributed by atoms with Crippen LogP contribution in [0.4, 0.5) is 4.39 Å². The minimum absolute atomic E-state index is 0.00120. The molecule has 486 valence electrons. The van der Waals surface area contributed by atoms with Crippen LogP contribution in [0.2, 0.25) is 0 Å². The molecular weight excluding hydrogens is 1050 g/mol. The van der Waals surface area contributed by atoms with Gasteiger partial charge in [0.1, 0.15) is 67.1 Å². The molecule has 0 aromatic rings. The van der Waals surface area contributed by atoms with Crippen molar-refractivity contribution < 1.29 is 84.9 Å². The molecule has 5 fully saturated rings. The van der Waals surface area contributed by atoms with Crippen LogP contribution in [-0.4, -0.2) is 224 Å². The van der Waals surface area contributed by atoms with E-state index in [1.807, 2.05) is 145 Å². The summed E-state index contributed by atoms with van der Waals surface area (Å²) in [4.78, 5) is 0. The number of methoxy groups -OCH3 is 2. The van der Waals surface area contributed by atoms with Crippen molar-refractivity contribution in [2.75, 3.05) is 47.3 Å². The molecule has 0 saturated carbocycles. The molecule has 2 N–H and O–H groups in total. The first kappa shape index (κ1) is 78.2. The zero-order chi connectivity index (χ0) is 62.0. The maximum Gasteiger partial charge on any atom is 0.155 e. The zero-order valence-electron chi connectivity index (χ0n) is 55.9. The van der Waals surface area contributed by atoms with Crippen LogP contribution < -0.4 is 5.73 Å². The molecule has 5 aliphatic heterocycles. The third-order valence-corrected chi connectivity index (χ3v) is 13.3. The van der Waals surface area contributed by atoms with E-state index in [1.54, 1.807) is 21.1 Å². The maximum atomic E-state index is 13.8. The van der Waals surface area contributed by atoms with Crippen molar-refractivity contribution in [3.8, 4) is 0 Å². The van der Waals surface area contributed by atoms with E-state index in [9.17, 15) is 4.39 Å². The van der Waals surface area contributed by atoms with Crippen LogP contribution in [0.15, 0.2) is 0 Å². The van der Waals surface area contributed by atoms with Gasteiger partial charge in [0, 0.05) is 20.6 Å². The van der Waals surface area contributed by atoms with Gasteiger partial charge in [-0.1, -0.05) is 0 Å². The maximum absolute atomic E-state index is 13.8. The van der Waals surface area contributed by atoms with Crippen molar-refractivity contribution in [2.45, 2.75) is 357 Å². The molecule has 19 heteroatoms. The average molecular weight is 1170 g/mol. The molecular formula is C62H124FNO17. The summed E-state index contributed by atoms with van der Waals surface area (Å²) >= 11 is 0. The minimum Gasteiger partial charge on any atom is -0.376 e. The summed E-state index contributed by atoms with van der Waals surface area (Å²) in [5.41, 5.74) is 6.06. The molecule has 0 aromatic carbocycles. The first-order valence-electron chi connectivity index (χ1n) is 30.8. The minimum atomic E-state index is -1.07. The summed E-state index contributed by atoms with van der Waals surface area (Å²) in [5.74, 6) is 0. The van der Waals surface area contributed by atoms with E-state index in [0.717, 1.165) is 6.42 Å². The monoisotopic (exact) mass is 1170 g/mol. The van der Waals surface area contributed by atoms with Crippen molar-refractivity contribution in [1.82, 2.24) is 0 Å². The highest BCUT2D eigenvalue weighted by Crippen LogP contribution is 2.31. The predicted octanol–water partition coefficient (Wildman–Crippen LogP) is 10.0. The number of alkyl halides is 1. The lowest BCUT2D eigenvalue weighted by molar-refractivity contribution is -0.0980. The van der Waals surface area contributed by atoms with Gasteiger partial charge in [0.25, 0.3) is 0 Å². The number of halogens is 1. The van der Waals surface area contributed by atoms with E-state index in [2.05, 4.69) is 20.8 Å². The first-order chi connectivity index (χ1) is 37.7. The lowest BCUT2D eigenvalue weighted by Gasteiger charge is -2.25. The lowest BCUT2D eigenvalue weighted by Crippen LogP contribution is -2.44. The molecule has 0 aromatic heterocycles. The van der Waals surface area contributed by atoms with Gasteiger partial charge in [-0.05, 0) is 173 Å². The van der Waals surface area contributed by atoms with Crippen LogP contribution in [-0.2, 0) is 80.5 Å². The zero-order valence-corrected chi connectivity index (χ0v) is 55.9. The van der Waals surface area contributed by atoms with Crippen molar-refractivity contribution in [3.05, 3.63) is 0 Å². The Balaban J connectivity index is 0.000000507. The van der Waals surface area contributed by atoms with Gasteiger partial charge in [0.2, 0.25) is 0 Å². The Bertz CT molecular complexity index is 1460. The fourth-order valence-corrected chi connectivity index (χ4v) is 9.79.